The summed E-state index contributed by atoms with van der Waals surface area (Å²) in [5, 5.41) is 11.0. The molecule has 3 aromatic rings. The lowest BCUT2D eigenvalue weighted by Crippen LogP contribution is -2.16. The molecule has 0 spiro atoms. The number of nitrogens with zero attached hydrogens (tertiary/aromatic N) is 3. The minimum Gasteiger partial charge on any atom is -0.312 e. The number of aromatic nitrogens is 1. The van der Waals surface area contributed by atoms with Crippen LogP contribution in [0.4, 0.5) is 5.69 Å². The van der Waals surface area contributed by atoms with E-state index < -0.39 is 4.92 Å². The van der Waals surface area contributed by atoms with Crippen LogP contribution in [-0.4, -0.2) is 21.7 Å². The van der Waals surface area contributed by atoms with Crippen molar-refractivity contribution in [3.05, 3.63) is 75.6 Å². The molecule has 0 aliphatic rings. The maximum atomic E-state index is 12.6. The van der Waals surface area contributed by atoms with Crippen molar-refractivity contribution in [3.63, 3.8) is 0 Å². The van der Waals surface area contributed by atoms with E-state index in [1.165, 1.54) is 23.5 Å². The number of hydrogen-bond acceptors (Lipinski definition) is 5. The Labute approximate surface area is 157 Å². The zero-order chi connectivity index (χ0) is 18.7. The number of rotatable bonds is 5. The van der Waals surface area contributed by atoms with Crippen LogP contribution in [0.5, 0.6) is 0 Å². The molecule has 0 N–H and O–H groups in total. The third-order valence-electron chi connectivity index (χ3n) is 3.70. The molecule has 6 nitrogen and oxygen atoms in total. The van der Waals surface area contributed by atoms with E-state index in [2.05, 4.69) is 11.6 Å². The first-order valence-corrected chi connectivity index (χ1v) is 9.69. The molecule has 132 valence electrons. The van der Waals surface area contributed by atoms with E-state index in [-0.39, 0.29) is 11.6 Å². The van der Waals surface area contributed by atoms with Crippen LogP contribution in [0.2, 0.25) is 0 Å². The monoisotopic (exact) mass is 385 g/mol. The molecule has 0 unspecified atom stereocenters. The number of allylic oxidation sites excluding steroid dienone is 1. The van der Waals surface area contributed by atoms with Crippen LogP contribution >= 0.6 is 23.1 Å². The van der Waals surface area contributed by atoms with Crippen LogP contribution in [0.3, 0.4) is 0 Å². The maximum Gasteiger partial charge on any atom is 0.279 e. The minimum atomic E-state index is -0.438. The summed E-state index contributed by atoms with van der Waals surface area (Å²) in [5.74, 6) is -0.347. The fourth-order valence-corrected chi connectivity index (χ4v) is 4.00. The number of nitro groups is 1. The molecular weight excluding hydrogens is 370 g/mol. The molecule has 0 fully saturated rings. The number of hydrogen-bond donors (Lipinski definition) is 0. The highest BCUT2D eigenvalue weighted by atomic mass is 32.2. The highest BCUT2D eigenvalue weighted by Gasteiger charge is 2.13. The molecule has 0 radical (unpaired) electrons. The molecule has 0 saturated heterocycles. The quantitative estimate of drug-likeness (QED) is 0.285. The highest BCUT2D eigenvalue weighted by Crippen LogP contribution is 2.23. The molecule has 26 heavy (non-hydrogen) atoms. The Kier molecular flexibility index (Phi) is 5.34. The van der Waals surface area contributed by atoms with Gasteiger partial charge in [-0.05, 0) is 30.5 Å². The number of thioether (sulfide) groups is 1. The molecule has 0 aliphatic carbocycles. The van der Waals surface area contributed by atoms with Crippen LogP contribution in [0.1, 0.15) is 10.4 Å². The van der Waals surface area contributed by atoms with Gasteiger partial charge in [-0.25, -0.2) is 0 Å². The minimum absolute atomic E-state index is 0.00931. The van der Waals surface area contributed by atoms with Crippen molar-refractivity contribution < 1.29 is 9.72 Å². The van der Waals surface area contributed by atoms with Crippen molar-refractivity contribution in [3.8, 4) is 0 Å². The predicted molar refractivity (Wildman–Crippen MR) is 105 cm³/mol. The Morgan fingerprint density at radius 1 is 1.38 bits per heavy atom. The Balaban J connectivity index is 2.13. The highest BCUT2D eigenvalue weighted by molar-refractivity contribution is 7.98. The lowest BCUT2D eigenvalue weighted by atomic mass is 10.2. The average Bonchev–Trinajstić information content (AvgIpc) is 2.98. The first-order valence-electron chi connectivity index (χ1n) is 7.65. The summed E-state index contributed by atoms with van der Waals surface area (Å²) in [6, 6.07) is 11.9. The van der Waals surface area contributed by atoms with E-state index in [1.807, 2.05) is 23.0 Å². The van der Waals surface area contributed by atoms with Crippen molar-refractivity contribution in [1.29, 1.82) is 0 Å². The fourth-order valence-electron chi connectivity index (χ4n) is 2.47. The smallest absolute Gasteiger partial charge is 0.279 e. The fraction of sp³-hybridized carbons (Fsp3) is 0.111. The van der Waals surface area contributed by atoms with E-state index >= 15 is 0 Å². The van der Waals surface area contributed by atoms with Gasteiger partial charge in [-0.3, -0.25) is 14.9 Å². The number of thiazole rings is 1. The van der Waals surface area contributed by atoms with Gasteiger partial charge in [0.2, 0.25) is 0 Å². The maximum absolute atomic E-state index is 12.6. The number of nitro benzene ring substituents is 1. The second-order valence-electron chi connectivity index (χ2n) is 5.34. The van der Waals surface area contributed by atoms with Gasteiger partial charge in [0.05, 0.1) is 15.1 Å². The van der Waals surface area contributed by atoms with Gasteiger partial charge >= 0.3 is 0 Å². The van der Waals surface area contributed by atoms with Gasteiger partial charge in [0.15, 0.2) is 4.80 Å². The van der Waals surface area contributed by atoms with E-state index in [0.717, 1.165) is 10.4 Å². The topological polar surface area (TPSA) is 77.5 Å². The molecule has 3 rings (SSSR count). The lowest BCUT2D eigenvalue weighted by Gasteiger charge is -2.01. The summed E-state index contributed by atoms with van der Waals surface area (Å²) >= 11 is 2.80. The molecular formula is C18H15N3O3S2. The molecule has 0 aliphatic heterocycles. The zero-order valence-corrected chi connectivity index (χ0v) is 15.5. The summed E-state index contributed by atoms with van der Waals surface area (Å²) in [6.45, 7) is 4.19. The first kappa shape index (κ1) is 18.1. The van der Waals surface area contributed by atoms with E-state index in [9.17, 15) is 14.9 Å². The van der Waals surface area contributed by atoms with Crippen LogP contribution < -0.4 is 4.80 Å². The molecule has 0 atom stereocenters. The second-order valence-corrected chi connectivity index (χ2v) is 7.23. The van der Waals surface area contributed by atoms with Crippen molar-refractivity contribution in [2.45, 2.75) is 11.4 Å². The number of carbonyl (C=O) groups is 1. The number of benzene rings is 2. The van der Waals surface area contributed by atoms with Gasteiger partial charge in [0.1, 0.15) is 0 Å². The Hall–Kier alpha value is -2.71. The molecule has 0 saturated carbocycles. The summed E-state index contributed by atoms with van der Waals surface area (Å²) < 4.78 is 2.53. The molecule has 0 bridgehead atoms. The van der Waals surface area contributed by atoms with Crippen LogP contribution in [0.15, 0.2) is 65.0 Å². The third-order valence-corrected chi connectivity index (χ3v) is 5.47. The molecule has 1 amide bonds. The predicted octanol–water partition coefficient (Wildman–Crippen LogP) is 4.26. The normalized spacial score (nSPS) is 11.7. The van der Waals surface area contributed by atoms with Crippen LogP contribution in [0.25, 0.3) is 10.2 Å². The molecule has 8 heteroatoms. The van der Waals surface area contributed by atoms with Crippen molar-refractivity contribution >= 4 is 44.9 Å². The number of carbonyl (C=O) groups excluding carboxylic acids is 1. The van der Waals surface area contributed by atoms with Gasteiger partial charge in [0, 0.05) is 29.1 Å². The number of amides is 1. The van der Waals surface area contributed by atoms with E-state index in [0.29, 0.717) is 21.6 Å². The average molecular weight is 385 g/mol. The van der Waals surface area contributed by atoms with E-state index in [1.54, 1.807) is 36.0 Å². The number of non-ortho nitro benzene ring substituents is 1. The number of fused-ring (bicyclic) bond motifs is 1. The first-order chi connectivity index (χ1) is 12.5. The van der Waals surface area contributed by atoms with Gasteiger partial charge in [-0.2, -0.15) is 4.99 Å². The summed E-state index contributed by atoms with van der Waals surface area (Å²) in [6.07, 6.45) is 3.64. The van der Waals surface area contributed by atoms with Gasteiger partial charge in [-0.15, -0.1) is 18.3 Å². The van der Waals surface area contributed by atoms with E-state index in [4.69, 9.17) is 0 Å². The lowest BCUT2D eigenvalue weighted by molar-refractivity contribution is -0.384. The second kappa shape index (κ2) is 7.67. The van der Waals surface area contributed by atoms with Crippen LogP contribution in [0, 0.1) is 10.1 Å². The largest absolute Gasteiger partial charge is 0.312 e. The van der Waals surface area contributed by atoms with Gasteiger partial charge in [0.25, 0.3) is 11.6 Å². The SMILES string of the molecule is C=CCn1c(=NC(=O)c2cccc(SC)c2)sc2cc([N+](=O)[O-])ccc21. The Bertz CT molecular complexity index is 1080. The molecule has 1 aromatic heterocycles. The van der Waals surface area contributed by atoms with Crippen molar-refractivity contribution in [1.82, 2.24) is 4.57 Å². The standard InChI is InChI=1S/C18H15N3O3S2/c1-3-9-20-15-8-7-13(21(23)24)11-16(15)26-18(20)19-17(22)12-5-4-6-14(10-12)25-2/h3-8,10-11H,1,9H2,2H3. The molecule has 2 aromatic carbocycles. The van der Waals surface area contributed by atoms with Crippen LogP contribution in [-0.2, 0) is 6.54 Å². The summed E-state index contributed by atoms with van der Waals surface area (Å²) in [4.78, 5) is 28.8. The zero-order valence-electron chi connectivity index (χ0n) is 13.9. The van der Waals surface area contributed by atoms with Crippen molar-refractivity contribution in [2.24, 2.45) is 4.99 Å². The van der Waals surface area contributed by atoms with Crippen molar-refractivity contribution in [2.75, 3.05) is 6.26 Å². The summed E-state index contributed by atoms with van der Waals surface area (Å²) in [7, 11) is 0. The van der Waals surface area contributed by atoms with Gasteiger partial charge < -0.3 is 4.57 Å². The third kappa shape index (κ3) is 3.61. The molecule has 1 heterocycles. The Morgan fingerprint density at radius 3 is 2.88 bits per heavy atom. The summed E-state index contributed by atoms with van der Waals surface area (Å²) in [5.41, 5.74) is 1.30. The van der Waals surface area contributed by atoms with Gasteiger partial charge in [-0.1, -0.05) is 23.5 Å². The Morgan fingerprint density at radius 2 is 2.19 bits per heavy atom.